The van der Waals surface area contributed by atoms with Gasteiger partial charge in [-0.1, -0.05) is 6.07 Å². The van der Waals surface area contributed by atoms with Crippen LogP contribution in [0.4, 0.5) is 0 Å². The number of ether oxygens (including phenoxy) is 3. The fraction of sp³-hybridized carbons (Fsp3) is 0.391. The van der Waals surface area contributed by atoms with Crippen LogP contribution in [0.3, 0.4) is 0 Å². The number of fused-ring (bicyclic) bond motifs is 7. The van der Waals surface area contributed by atoms with E-state index in [4.69, 9.17) is 14.2 Å². The summed E-state index contributed by atoms with van der Waals surface area (Å²) in [7, 11) is 7.32. The van der Waals surface area contributed by atoms with Gasteiger partial charge >= 0.3 is 0 Å². The van der Waals surface area contributed by atoms with Gasteiger partial charge in [0.2, 0.25) is 0 Å². The summed E-state index contributed by atoms with van der Waals surface area (Å²) >= 11 is 0. The highest BCUT2D eigenvalue weighted by atomic mass is 16.5. The number of likely N-dealkylation sites (N-methyl/N-ethyl adjacent to an activating group) is 1. The predicted molar refractivity (Wildman–Crippen MR) is 112 cm³/mol. The number of benzene rings is 3. The van der Waals surface area contributed by atoms with Crippen LogP contribution < -0.4 is 14.2 Å². The molecule has 0 N–H and O–H groups in total. The van der Waals surface area contributed by atoms with Crippen LogP contribution >= 0.6 is 0 Å². The molecule has 146 valence electrons. The maximum atomic E-state index is 5.63. The second-order valence-corrected chi connectivity index (χ2v) is 7.91. The first kappa shape index (κ1) is 17.6. The molecule has 0 radical (unpaired) electrons. The highest BCUT2D eigenvalue weighted by molar-refractivity contribution is 6.12. The van der Waals surface area contributed by atoms with Gasteiger partial charge in [0.25, 0.3) is 0 Å². The molecule has 0 unspecified atom stereocenters. The van der Waals surface area contributed by atoms with E-state index < -0.39 is 0 Å². The topological polar surface area (TPSA) is 34.2 Å². The molecule has 5 heteroatoms. The van der Waals surface area contributed by atoms with E-state index in [9.17, 15) is 0 Å². The van der Waals surface area contributed by atoms with E-state index in [0.29, 0.717) is 6.04 Å². The molecule has 1 atom stereocenters. The molecule has 2 aliphatic rings. The Morgan fingerprint density at radius 3 is 2.25 bits per heavy atom. The molecule has 0 spiro atoms. The minimum Gasteiger partial charge on any atom is -0.497 e. The van der Waals surface area contributed by atoms with Crippen molar-refractivity contribution in [3.8, 4) is 17.2 Å². The van der Waals surface area contributed by atoms with Crippen molar-refractivity contribution < 1.29 is 14.2 Å². The van der Waals surface area contributed by atoms with Gasteiger partial charge in [0.15, 0.2) is 11.5 Å². The molecule has 0 aliphatic carbocycles. The molecule has 5 nitrogen and oxygen atoms in total. The van der Waals surface area contributed by atoms with Crippen LogP contribution in [0.25, 0.3) is 21.5 Å². The third-order valence-corrected chi connectivity index (χ3v) is 6.32. The SMILES string of the molecule is COc1ccc2c3c(c4cc(OC)c(OC)cc4c2c1)C[C@H]1CN(C)CN1C3. The Hall–Kier alpha value is -2.50. The lowest BCUT2D eigenvalue weighted by molar-refractivity contribution is 0.215. The number of methoxy groups -OCH3 is 3. The standard InChI is InChI=1S/C23H26N2O3/c1-24-11-14-7-17-19-9-22(27-3)23(28-4)10-20(19)18-8-15(26-2)5-6-16(18)21(17)12-25(14)13-24/h5-6,8-10,14H,7,11-13H2,1-4H3/t14-/m0/s1. The third kappa shape index (κ3) is 2.54. The van der Waals surface area contributed by atoms with Gasteiger partial charge in [0.1, 0.15) is 5.75 Å². The minimum absolute atomic E-state index is 0.574. The largest absolute Gasteiger partial charge is 0.497 e. The van der Waals surface area contributed by atoms with Gasteiger partial charge in [-0.25, -0.2) is 0 Å². The second-order valence-electron chi connectivity index (χ2n) is 7.91. The molecular weight excluding hydrogens is 352 g/mol. The first-order valence-electron chi connectivity index (χ1n) is 9.72. The average Bonchev–Trinajstić information content (AvgIpc) is 3.10. The Balaban J connectivity index is 1.85. The van der Waals surface area contributed by atoms with Gasteiger partial charge in [-0.2, -0.15) is 0 Å². The second kappa shape index (κ2) is 6.54. The van der Waals surface area contributed by atoms with Gasteiger partial charge in [-0.15, -0.1) is 0 Å². The number of hydrogen-bond acceptors (Lipinski definition) is 5. The molecule has 2 aliphatic heterocycles. The monoisotopic (exact) mass is 378 g/mol. The van der Waals surface area contributed by atoms with Crippen molar-refractivity contribution in [1.29, 1.82) is 0 Å². The maximum Gasteiger partial charge on any atom is 0.161 e. The highest BCUT2D eigenvalue weighted by Gasteiger charge is 2.34. The Morgan fingerprint density at radius 2 is 1.54 bits per heavy atom. The van der Waals surface area contributed by atoms with Crippen LogP contribution in [0.5, 0.6) is 17.2 Å². The molecule has 1 saturated heterocycles. The average molecular weight is 378 g/mol. The predicted octanol–water partition coefficient (Wildman–Crippen LogP) is 3.65. The van der Waals surface area contributed by atoms with E-state index in [-0.39, 0.29) is 0 Å². The molecule has 28 heavy (non-hydrogen) atoms. The molecule has 5 rings (SSSR count). The minimum atomic E-state index is 0.574. The summed E-state index contributed by atoms with van der Waals surface area (Å²) in [5.41, 5.74) is 2.88. The first-order chi connectivity index (χ1) is 13.6. The number of rotatable bonds is 3. The van der Waals surface area contributed by atoms with Crippen molar-refractivity contribution in [1.82, 2.24) is 9.80 Å². The van der Waals surface area contributed by atoms with E-state index in [1.807, 2.05) is 0 Å². The molecule has 3 aromatic rings. The van der Waals surface area contributed by atoms with Crippen LogP contribution in [0.15, 0.2) is 30.3 Å². The molecule has 0 amide bonds. The summed E-state index contributed by atoms with van der Waals surface area (Å²) in [6.45, 7) is 3.14. The quantitative estimate of drug-likeness (QED) is 0.650. The lowest BCUT2D eigenvalue weighted by atomic mass is 9.85. The van der Waals surface area contributed by atoms with E-state index in [0.717, 1.165) is 43.4 Å². The van der Waals surface area contributed by atoms with Gasteiger partial charge < -0.3 is 14.2 Å². The Morgan fingerprint density at radius 1 is 0.821 bits per heavy atom. The zero-order valence-corrected chi connectivity index (χ0v) is 16.9. The fourth-order valence-corrected chi connectivity index (χ4v) is 5.00. The van der Waals surface area contributed by atoms with Gasteiger partial charge in [-0.3, -0.25) is 9.80 Å². The number of hydrogen-bond donors (Lipinski definition) is 0. The molecule has 0 bridgehead atoms. The van der Waals surface area contributed by atoms with Gasteiger partial charge in [0.05, 0.1) is 28.0 Å². The Kier molecular flexibility index (Phi) is 4.11. The van der Waals surface area contributed by atoms with Crippen molar-refractivity contribution in [3.63, 3.8) is 0 Å². The molecule has 0 aromatic heterocycles. The lowest BCUT2D eigenvalue weighted by Crippen LogP contribution is -2.36. The van der Waals surface area contributed by atoms with Crippen LogP contribution in [0.2, 0.25) is 0 Å². The van der Waals surface area contributed by atoms with Gasteiger partial charge in [0, 0.05) is 19.1 Å². The summed E-state index contributed by atoms with van der Waals surface area (Å²) < 4.78 is 16.8. The van der Waals surface area contributed by atoms with Gasteiger partial charge in [-0.05, 0) is 70.4 Å². The van der Waals surface area contributed by atoms with Crippen molar-refractivity contribution >= 4 is 21.5 Å². The highest BCUT2D eigenvalue weighted by Crippen LogP contribution is 2.43. The molecule has 3 aromatic carbocycles. The first-order valence-corrected chi connectivity index (χ1v) is 9.72. The summed E-state index contributed by atoms with van der Waals surface area (Å²) in [6.07, 6.45) is 1.06. The molecule has 1 fully saturated rings. The van der Waals surface area contributed by atoms with E-state index in [1.54, 1.807) is 21.3 Å². The molecule has 2 heterocycles. The summed E-state index contributed by atoms with van der Waals surface area (Å²) in [6, 6.07) is 11.3. The molecular formula is C23H26N2O3. The Bertz CT molecular complexity index is 1080. The van der Waals surface area contributed by atoms with Crippen LogP contribution in [-0.4, -0.2) is 57.4 Å². The van der Waals surface area contributed by atoms with Crippen LogP contribution in [0.1, 0.15) is 11.1 Å². The van der Waals surface area contributed by atoms with Crippen LogP contribution in [-0.2, 0) is 13.0 Å². The fourth-order valence-electron chi connectivity index (χ4n) is 5.00. The maximum absolute atomic E-state index is 5.63. The van der Waals surface area contributed by atoms with Crippen molar-refractivity contribution in [3.05, 3.63) is 41.5 Å². The Labute approximate surface area is 165 Å². The van der Waals surface area contributed by atoms with Crippen LogP contribution in [0, 0.1) is 0 Å². The smallest absolute Gasteiger partial charge is 0.161 e. The summed E-state index contributed by atoms with van der Waals surface area (Å²) in [5.74, 6) is 2.42. The van der Waals surface area contributed by atoms with Crippen molar-refractivity contribution in [2.75, 3.05) is 41.6 Å². The zero-order valence-electron chi connectivity index (χ0n) is 16.9. The summed E-state index contributed by atoms with van der Waals surface area (Å²) in [5, 5.41) is 4.98. The number of nitrogens with zero attached hydrogens (tertiary/aromatic N) is 2. The van der Waals surface area contributed by atoms with E-state index >= 15 is 0 Å². The van der Waals surface area contributed by atoms with Crippen molar-refractivity contribution in [2.45, 2.75) is 19.0 Å². The van der Waals surface area contributed by atoms with E-state index in [2.05, 4.69) is 47.2 Å². The third-order valence-electron chi connectivity index (χ3n) is 6.32. The zero-order chi connectivity index (χ0) is 19.4. The normalized spacial score (nSPS) is 19.6. The molecule has 0 saturated carbocycles. The van der Waals surface area contributed by atoms with Crippen molar-refractivity contribution in [2.24, 2.45) is 0 Å². The van der Waals surface area contributed by atoms with E-state index in [1.165, 1.54) is 32.7 Å². The summed E-state index contributed by atoms with van der Waals surface area (Å²) in [4.78, 5) is 5.01. The lowest BCUT2D eigenvalue weighted by Gasteiger charge is -2.32.